The lowest BCUT2D eigenvalue weighted by Crippen LogP contribution is -1.96. The van der Waals surface area contributed by atoms with Gasteiger partial charge in [0.15, 0.2) is 11.5 Å². The summed E-state index contributed by atoms with van der Waals surface area (Å²) in [6, 6.07) is 5.24. The van der Waals surface area contributed by atoms with Crippen LogP contribution in [0.2, 0.25) is 0 Å². The van der Waals surface area contributed by atoms with Gasteiger partial charge in [-0.2, -0.15) is 0 Å². The molecule has 1 N–H and O–H groups in total. The monoisotopic (exact) mass is 322 g/mol. The summed E-state index contributed by atoms with van der Waals surface area (Å²) >= 11 is 0. The van der Waals surface area contributed by atoms with Gasteiger partial charge in [-0.1, -0.05) is 57.7 Å². The fourth-order valence-corrected chi connectivity index (χ4v) is 2.00. The summed E-state index contributed by atoms with van der Waals surface area (Å²) in [6.45, 7) is 8.32. The molecule has 0 aliphatic carbocycles. The second-order valence-electron chi connectivity index (χ2n) is 5.46. The topological polar surface area (TPSA) is 38.7 Å². The normalized spacial score (nSPS) is 10.4. The SMILES string of the molecule is C/C=C/c1ccc(O)c(OC)c1.CCCCCOCCCCC. The van der Waals surface area contributed by atoms with Gasteiger partial charge < -0.3 is 14.6 Å². The van der Waals surface area contributed by atoms with Crippen molar-refractivity contribution in [3.63, 3.8) is 0 Å². The van der Waals surface area contributed by atoms with Gasteiger partial charge in [0.05, 0.1) is 7.11 Å². The average molecular weight is 322 g/mol. The Hall–Kier alpha value is -1.48. The van der Waals surface area contributed by atoms with Crippen LogP contribution >= 0.6 is 0 Å². The molecule has 0 bridgehead atoms. The number of ether oxygens (including phenoxy) is 2. The number of benzene rings is 1. The van der Waals surface area contributed by atoms with E-state index in [-0.39, 0.29) is 5.75 Å². The Kier molecular flexibility index (Phi) is 14.4. The highest BCUT2D eigenvalue weighted by Crippen LogP contribution is 2.26. The molecular weight excluding hydrogens is 288 g/mol. The van der Waals surface area contributed by atoms with E-state index in [4.69, 9.17) is 9.47 Å². The molecule has 0 saturated heterocycles. The third-order valence-electron chi connectivity index (χ3n) is 3.35. The Labute approximate surface area is 142 Å². The van der Waals surface area contributed by atoms with Crippen LogP contribution in [0.5, 0.6) is 11.5 Å². The van der Waals surface area contributed by atoms with Gasteiger partial charge in [0.2, 0.25) is 0 Å². The minimum Gasteiger partial charge on any atom is -0.504 e. The Bertz CT molecular complexity index is 405. The molecule has 132 valence electrons. The molecule has 0 atom stereocenters. The summed E-state index contributed by atoms with van der Waals surface area (Å²) in [6.07, 6.45) is 11.6. The summed E-state index contributed by atoms with van der Waals surface area (Å²) in [5.74, 6) is 0.677. The van der Waals surface area contributed by atoms with Crippen molar-refractivity contribution in [3.05, 3.63) is 29.8 Å². The molecule has 23 heavy (non-hydrogen) atoms. The number of phenolic OH excluding ortho intramolecular Hbond substituents is 1. The quantitative estimate of drug-likeness (QED) is 0.552. The molecule has 0 unspecified atom stereocenters. The van der Waals surface area contributed by atoms with E-state index in [9.17, 15) is 5.11 Å². The van der Waals surface area contributed by atoms with E-state index in [1.54, 1.807) is 12.1 Å². The van der Waals surface area contributed by atoms with Gasteiger partial charge in [-0.05, 0) is 37.5 Å². The Balaban J connectivity index is 0.000000423. The number of methoxy groups -OCH3 is 1. The van der Waals surface area contributed by atoms with E-state index >= 15 is 0 Å². The summed E-state index contributed by atoms with van der Waals surface area (Å²) < 4.78 is 10.4. The fourth-order valence-electron chi connectivity index (χ4n) is 2.00. The van der Waals surface area contributed by atoms with E-state index in [0.717, 1.165) is 18.8 Å². The average Bonchev–Trinajstić information content (AvgIpc) is 2.57. The molecule has 0 aliphatic rings. The molecule has 3 heteroatoms. The van der Waals surface area contributed by atoms with Gasteiger partial charge in [-0.15, -0.1) is 0 Å². The van der Waals surface area contributed by atoms with Gasteiger partial charge in [0, 0.05) is 13.2 Å². The maximum Gasteiger partial charge on any atom is 0.161 e. The molecule has 0 heterocycles. The number of rotatable bonds is 10. The zero-order valence-corrected chi connectivity index (χ0v) is 15.3. The standard InChI is InChI=1S/C10H12O2.C10H22O/c1-3-4-8-5-6-9(11)10(7-8)12-2;1-3-5-7-9-11-10-8-6-4-2/h3-7,11H,1-2H3;3-10H2,1-2H3/b4-3+;. The van der Waals surface area contributed by atoms with Crippen LogP contribution < -0.4 is 4.74 Å². The van der Waals surface area contributed by atoms with Crippen LogP contribution in [-0.4, -0.2) is 25.4 Å². The number of hydrogen-bond acceptors (Lipinski definition) is 3. The molecule has 1 aromatic rings. The Morgan fingerprint density at radius 2 is 1.61 bits per heavy atom. The number of unbranched alkanes of at least 4 members (excludes halogenated alkanes) is 4. The van der Waals surface area contributed by atoms with E-state index in [2.05, 4.69) is 13.8 Å². The van der Waals surface area contributed by atoms with Crippen LogP contribution in [0.1, 0.15) is 64.9 Å². The van der Waals surface area contributed by atoms with Crippen molar-refractivity contribution in [2.45, 2.75) is 59.3 Å². The van der Waals surface area contributed by atoms with Crippen molar-refractivity contribution in [1.29, 1.82) is 0 Å². The van der Waals surface area contributed by atoms with E-state index in [0.29, 0.717) is 5.75 Å². The largest absolute Gasteiger partial charge is 0.504 e. The molecule has 0 aromatic heterocycles. The van der Waals surface area contributed by atoms with Gasteiger partial charge in [0.1, 0.15) is 0 Å². The fraction of sp³-hybridized carbons (Fsp3) is 0.600. The van der Waals surface area contributed by atoms with Crippen LogP contribution in [0.3, 0.4) is 0 Å². The predicted molar refractivity (Wildman–Crippen MR) is 99.2 cm³/mol. The second-order valence-corrected chi connectivity index (χ2v) is 5.46. The zero-order valence-electron chi connectivity index (χ0n) is 15.3. The highest BCUT2D eigenvalue weighted by atomic mass is 16.5. The Morgan fingerprint density at radius 3 is 2.09 bits per heavy atom. The maximum absolute atomic E-state index is 9.25. The molecular formula is C20H34O3. The zero-order chi connectivity index (χ0) is 17.3. The smallest absolute Gasteiger partial charge is 0.161 e. The lowest BCUT2D eigenvalue weighted by molar-refractivity contribution is 0.126. The highest BCUT2D eigenvalue weighted by Gasteiger charge is 1.99. The number of phenols is 1. The summed E-state index contributed by atoms with van der Waals surface area (Å²) in [5.41, 5.74) is 1.02. The van der Waals surface area contributed by atoms with Crippen molar-refractivity contribution < 1.29 is 14.6 Å². The predicted octanol–water partition coefficient (Wildman–Crippen LogP) is 5.82. The van der Waals surface area contributed by atoms with Crippen molar-refractivity contribution >= 4 is 6.08 Å². The summed E-state index contributed by atoms with van der Waals surface area (Å²) in [5, 5.41) is 9.25. The molecule has 0 radical (unpaired) electrons. The first-order chi connectivity index (χ1) is 11.2. The van der Waals surface area contributed by atoms with Crippen LogP contribution in [0.15, 0.2) is 24.3 Å². The Morgan fingerprint density at radius 1 is 1.00 bits per heavy atom. The van der Waals surface area contributed by atoms with Crippen molar-refractivity contribution in [2.24, 2.45) is 0 Å². The van der Waals surface area contributed by atoms with Crippen LogP contribution in [-0.2, 0) is 4.74 Å². The third kappa shape index (κ3) is 11.7. The summed E-state index contributed by atoms with van der Waals surface area (Å²) in [4.78, 5) is 0. The highest BCUT2D eigenvalue weighted by molar-refractivity contribution is 5.55. The lowest BCUT2D eigenvalue weighted by atomic mass is 10.2. The molecule has 0 fully saturated rings. The van der Waals surface area contributed by atoms with Gasteiger partial charge >= 0.3 is 0 Å². The van der Waals surface area contributed by atoms with Gasteiger partial charge in [-0.3, -0.25) is 0 Å². The molecule has 0 spiro atoms. The minimum atomic E-state index is 0.172. The third-order valence-corrected chi connectivity index (χ3v) is 3.35. The first-order valence-electron chi connectivity index (χ1n) is 8.76. The van der Waals surface area contributed by atoms with E-state index in [1.165, 1.54) is 45.6 Å². The van der Waals surface area contributed by atoms with E-state index in [1.807, 2.05) is 25.1 Å². The summed E-state index contributed by atoms with van der Waals surface area (Å²) in [7, 11) is 1.54. The molecule has 0 aliphatic heterocycles. The van der Waals surface area contributed by atoms with Crippen molar-refractivity contribution in [2.75, 3.05) is 20.3 Å². The van der Waals surface area contributed by atoms with Crippen LogP contribution in [0, 0.1) is 0 Å². The van der Waals surface area contributed by atoms with Crippen LogP contribution in [0.25, 0.3) is 6.08 Å². The van der Waals surface area contributed by atoms with Crippen LogP contribution in [0.4, 0.5) is 0 Å². The molecule has 1 rings (SSSR count). The molecule has 3 nitrogen and oxygen atoms in total. The number of hydrogen-bond donors (Lipinski definition) is 1. The molecule has 1 aromatic carbocycles. The van der Waals surface area contributed by atoms with Crippen molar-refractivity contribution in [1.82, 2.24) is 0 Å². The van der Waals surface area contributed by atoms with Crippen molar-refractivity contribution in [3.8, 4) is 11.5 Å². The lowest BCUT2D eigenvalue weighted by Gasteiger charge is -2.03. The van der Waals surface area contributed by atoms with Gasteiger partial charge in [-0.25, -0.2) is 0 Å². The number of aromatic hydroxyl groups is 1. The molecule has 0 amide bonds. The van der Waals surface area contributed by atoms with Gasteiger partial charge in [0.25, 0.3) is 0 Å². The molecule has 0 saturated carbocycles. The minimum absolute atomic E-state index is 0.172. The van der Waals surface area contributed by atoms with E-state index < -0.39 is 0 Å². The maximum atomic E-state index is 9.25. The first kappa shape index (κ1) is 21.5. The number of allylic oxidation sites excluding steroid dienone is 1. The second kappa shape index (κ2) is 15.4. The first-order valence-corrected chi connectivity index (χ1v) is 8.76.